The van der Waals surface area contributed by atoms with Gasteiger partial charge in [-0.1, -0.05) is 20.8 Å². The number of hydrogen-bond acceptors (Lipinski definition) is 2. The lowest BCUT2D eigenvalue weighted by atomic mass is 9.68. The van der Waals surface area contributed by atoms with E-state index in [2.05, 4.69) is 37.3 Å². The lowest BCUT2D eigenvalue weighted by molar-refractivity contribution is 0.107. The van der Waals surface area contributed by atoms with Crippen LogP contribution in [-0.4, -0.2) is 15.8 Å². The molecule has 2 fully saturated rings. The van der Waals surface area contributed by atoms with Crippen LogP contribution in [0.1, 0.15) is 45.7 Å². The van der Waals surface area contributed by atoms with Gasteiger partial charge in [-0.15, -0.1) is 0 Å². The summed E-state index contributed by atoms with van der Waals surface area (Å²) in [6.45, 7) is 8.31. The Bertz CT molecular complexity index is 444. The van der Waals surface area contributed by atoms with Crippen LogP contribution in [0.3, 0.4) is 0 Å². The molecule has 0 spiro atoms. The van der Waals surface area contributed by atoms with Crippen molar-refractivity contribution in [1.29, 1.82) is 0 Å². The van der Waals surface area contributed by atoms with Crippen LogP contribution < -0.4 is 5.32 Å². The second-order valence-electron chi connectivity index (χ2n) is 7.18. The van der Waals surface area contributed by atoms with Gasteiger partial charge in [0.25, 0.3) is 0 Å². The van der Waals surface area contributed by atoms with Crippen LogP contribution in [0.4, 0.5) is 0 Å². The van der Waals surface area contributed by atoms with Crippen molar-refractivity contribution < 1.29 is 0 Å². The van der Waals surface area contributed by atoms with E-state index < -0.39 is 0 Å². The first-order valence-electron chi connectivity index (χ1n) is 7.14. The zero-order chi connectivity index (χ0) is 13.0. The highest BCUT2D eigenvalue weighted by atomic mass is 15.3. The Hall–Kier alpha value is -0.830. The van der Waals surface area contributed by atoms with Crippen molar-refractivity contribution in [3.63, 3.8) is 0 Å². The van der Waals surface area contributed by atoms with E-state index in [1.165, 1.54) is 25.0 Å². The van der Waals surface area contributed by atoms with Gasteiger partial charge in [0.15, 0.2) is 0 Å². The highest BCUT2D eigenvalue weighted by molar-refractivity contribution is 5.13. The fraction of sp³-hybridized carbons (Fsp3) is 0.800. The van der Waals surface area contributed by atoms with Crippen molar-refractivity contribution in [1.82, 2.24) is 15.1 Å². The van der Waals surface area contributed by atoms with Crippen molar-refractivity contribution in [2.45, 2.75) is 52.6 Å². The van der Waals surface area contributed by atoms with Crippen molar-refractivity contribution in [3.05, 3.63) is 18.0 Å². The van der Waals surface area contributed by atoms with Gasteiger partial charge in [0.05, 0.1) is 5.69 Å². The first-order valence-corrected chi connectivity index (χ1v) is 7.14. The molecule has 3 nitrogen and oxygen atoms in total. The highest BCUT2D eigenvalue weighted by Crippen LogP contribution is 2.62. The average molecular weight is 247 g/mol. The molecule has 0 aromatic carbocycles. The molecule has 2 aliphatic rings. The number of rotatable bonds is 3. The quantitative estimate of drug-likeness (QED) is 0.890. The SMILES string of the molecule is Cn1nccc1CNC1C2(C)CCC(C2)C1(C)C. The van der Waals surface area contributed by atoms with Gasteiger partial charge in [0, 0.05) is 25.8 Å². The van der Waals surface area contributed by atoms with E-state index in [9.17, 15) is 0 Å². The molecule has 1 aromatic heterocycles. The number of nitrogens with one attached hydrogen (secondary N) is 1. The Morgan fingerprint density at radius 2 is 2.22 bits per heavy atom. The van der Waals surface area contributed by atoms with Crippen LogP contribution in [0.15, 0.2) is 12.3 Å². The molecular formula is C15H25N3. The fourth-order valence-electron chi connectivity index (χ4n) is 4.59. The summed E-state index contributed by atoms with van der Waals surface area (Å²) in [4.78, 5) is 0. The van der Waals surface area contributed by atoms with Crippen molar-refractivity contribution in [3.8, 4) is 0 Å². The summed E-state index contributed by atoms with van der Waals surface area (Å²) in [6.07, 6.45) is 6.10. The minimum absolute atomic E-state index is 0.436. The van der Waals surface area contributed by atoms with Gasteiger partial charge in [-0.25, -0.2) is 0 Å². The van der Waals surface area contributed by atoms with Gasteiger partial charge in [0.2, 0.25) is 0 Å². The number of aryl methyl sites for hydroxylation is 1. The summed E-state index contributed by atoms with van der Waals surface area (Å²) >= 11 is 0. The maximum absolute atomic E-state index is 4.24. The normalized spacial score (nSPS) is 37.3. The van der Waals surface area contributed by atoms with Crippen molar-refractivity contribution >= 4 is 0 Å². The monoisotopic (exact) mass is 247 g/mol. The minimum Gasteiger partial charge on any atom is -0.307 e. The summed E-state index contributed by atoms with van der Waals surface area (Å²) in [5.74, 6) is 0.909. The van der Waals surface area contributed by atoms with E-state index >= 15 is 0 Å². The molecule has 1 N–H and O–H groups in total. The van der Waals surface area contributed by atoms with E-state index in [-0.39, 0.29) is 0 Å². The van der Waals surface area contributed by atoms with Crippen molar-refractivity contribution in [2.75, 3.05) is 0 Å². The van der Waals surface area contributed by atoms with Crippen LogP contribution >= 0.6 is 0 Å². The zero-order valence-corrected chi connectivity index (χ0v) is 12.0. The molecule has 2 aliphatic carbocycles. The first-order chi connectivity index (χ1) is 8.43. The van der Waals surface area contributed by atoms with Crippen LogP contribution in [0.25, 0.3) is 0 Å². The van der Waals surface area contributed by atoms with Gasteiger partial charge < -0.3 is 5.32 Å². The molecule has 0 saturated heterocycles. The number of aromatic nitrogens is 2. The van der Waals surface area contributed by atoms with Crippen LogP contribution in [0, 0.1) is 16.7 Å². The molecule has 1 aromatic rings. The van der Waals surface area contributed by atoms with Gasteiger partial charge >= 0.3 is 0 Å². The smallest absolute Gasteiger partial charge is 0.0518 e. The molecular weight excluding hydrogens is 222 g/mol. The highest BCUT2D eigenvalue weighted by Gasteiger charge is 2.58. The molecule has 2 bridgehead atoms. The van der Waals surface area contributed by atoms with Crippen LogP contribution in [-0.2, 0) is 13.6 Å². The third-order valence-corrected chi connectivity index (χ3v) is 5.68. The Morgan fingerprint density at radius 1 is 1.44 bits per heavy atom. The number of fused-ring (bicyclic) bond motifs is 2. The molecule has 18 heavy (non-hydrogen) atoms. The fourth-order valence-corrected chi connectivity index (χ4v) is 4.59. The van der Waals surface area contributed by atoms with Crippen molar-refractivity contribution in [2.24, 2.45) is 23.8 Å². The standard InChI is InChI=1S/C15H25N3/c1-14(2)11-5-7-15(3,9-11)13(14)16-10-12-6-8-17-18(12)4/h6,8,11,13,16H,5,7,9-10H2,1-4H3. The molecule has 3 rings (SSSR count). The van der Waals surface area contributed by atoms with Crippen LogP contribution in [0.2, 0.25) is 0 Å². The lowest BCUT2D eigenvalue weighted by Crippen LogP contribution is -2.50. The minimum atomic E-state index is 0.436. The topological polar surface area (TPSA) is 29.9 Å². The Labute approximate surface area is 110 Å². The lowest BCUT2D eigenvalue weighted by Gasteiger charge is -2.43. The van der Waals surface area contributed by atoms with Gasteiger partial charge in [-0.05, 0) is 42.1 Å². The predicted molar refractivity (Wildman–Crippen MR) is 73.1 cm³/mol. The largest absolute Gasteiger partial charge is 0.307 e. The number of hydrogen-bond donors (Lipinski definition) is 1. The second kappa shape index (κ2) is 3.83. The summed E-state index contributed by atoms with van der Waals surface area (Å²) in [5.41, 5.74) is 2.22. The Kier molecular flexibility index (Phi) is 2.60. The third kappa shape index (κ3) is 1.63. The van der Waals surface area contributed by atoms with Crippen LogP contribution in [0.5, 0.6) is 0 Å². The van der Waals surface area contributed by atoms with E-state index in [0.29, 0.717) is 16.9 Å². The summed E-state index contributed by atoms with van der Waals surface area (Å²) in [7, 11) is 2.02. The molecule has 3 atom stereocenters. The first kappa shape index (κ1) is 12.2. The molecule has 2 saturated carbocycles. The maximum Gasteiger partial charge on any atom is 0.0518 e. The predicted octanol–water partition coefficient (Wildman–Crippen LogP) is 2.72. The zero-order valence-electron chi connectivity index (χ0n) is 12.0. The molecule has 0 aliphatic heterocycles. The van der Waals surface area contributed by atoms with Gasteiger partial charge in [-0.2, -0.15) is 5.10 Å². The molecule has 0 amide bonds. The van der Waals surface area contributed by atoms with E-state index in [4.69, 9.17) is 0 Å². The maximum atomic E-state index is 4.24. The molecule has 1 heterocycles. The molecule has 0 radical (unpaired) electrons. The Balaban J connectivity index is 1.74. The summed E-state index contributed by atoms with van der Waals surface area (Å²) in [6, 6.07) is 2.74. The average Bonchev–Trinajstić information content (AvgIpc) is 2.90. The van der Waals surface area contributed by atoms with E-state index in [1.54, 1.807) is 0 Å². The summed E-state index contributed by atoms with van der Waals surface area (Å²) in [5, 5.41) is 8.07. The molecule has 3 heteroatoms. The Morgan fingerprint density at radius 3 is 2.78 bits per heavy atom. The van der Waals surface area contributed by atoms with Gasteiger partial charge in [-0.3, -0.25) is 4.68 Å². The molecule has 3 unspecified atom stereocenters. The van der Waals surface area contributed by atoms with Gasteiger partial charge in [0.1, 0.15) is 0 Å². The third-order valence-electron chi connectivity index (χ3n) is 5.68. The van der Waals surface area contributed by atoms with E-state index in [1.807, 2.05) is 17.9 Å². The second-order valence-corrected chi connectivity index (χ2v) is 7.18. The summed E-state index contributed by atoms with van der Waals surface area (Å²) < 4.78 is 1.97. The number of nitrogens with zero attached hydrogens (tertiary/aromatic N) is 2. The van der Waals surface area contributed by atoms with E-state index in [0.717, 1.165) is 12.5 Å². The molecule has 100 valence electrons.